The number of nitrogens with zero attached hydrogens (tertiary/aromatic N) is 3. The molecule has 4 atom stereocenters. The van der Waals surface area contributed by atoms with Crippen LogP contribution in [0.1, 0.15) is 51.0 Å². The van der Waals surface area contributed by atoms with Gasteiger partial charge in [0, 0.05) is 38.4 Å². The van der Waals surface area contributed by atoms with Crippen LogP contribution < -0.4 is 5.32 Å². The van der Waals surface area contributed by atoms with Gasteiger partial charge in [0.05, 0.1) is 0 Å². The lowest BCUT2D eigenvalue weighted by Crippen LogP contribution is -2.44. The number of hydrogen-bond acceptors (Lipinski definition) is 5. The third kappa shape index (κ3) is 4.03. The lowest BCUT2D eigenvalue weighted by Gasteiger charge is -2.33. The molecule has 0 spiro atoms. The fourth-order valence-corrected chi connectivity index (χ4v) is 5.77. The number of hydrogen-bond donors (Lipinski definition) is 1. The Labute approximate surface area is 165 Å². The van der Waals surface area contributed by atoms with E-state index >= 15 is 0 Å². The molecule has 27 heavy (non-hydrogen) atoms. The Morgan fingerprint density at radius 2 is 2.11 bits per heavy atom. The molecule has 0 bridgehead atoms. The van der Waals surface area contributed by atoms with Gasteiger partial charge in [-0.3, -0.25) is 9.59 Å². The van der Waals surface area contributed by atoms with Gasteiger partial charge >= 0.3 is 0 Å². The molecule has 2 heterocycles. The van der Waals surface area contributed by atoms with Gasteiger partial charge in [0.2, 0.25) is 11.8 Å². The Morgan fingerprint density at radius 3 is 2.81 bits per heavy atom. The fraction of sp³-hybridized carbons (Fsp3) is 0.800. The minimum atomic E-state index is 0.194. The van der Waals surface area contributed by atoms with Crippen LogP contribution in [-0.4, -0.2) is 46.5 Å². The van der Waals surface area contributed by atoms with Crippen LogP contribution in [0.2, 0.25) is 0 Å². The molecule has 1 aromatic heterocycles. The second kappa shape index (κ2) is 7.49. The first-order valence-electron chi connectivity index (χ1n) is 10.3. The van der Waals surface area contributed by atoms with Crippen molar-refractivity contribution in [2.24, 2.45) is 29.1 Å². The molecule has 0 radical (unpaired) electrons. The lowest BCUT2D eigenvalue weighted by atomic mass is 9.92. The largest absolute Gasteiger partial charge is 0.356 e. The number of nitrogens with one attached hydrogen (secondary N) is 1. The van der Waals surface area contributed by atoms with E-state index in [1.165, 1.54) is 11.3 Å². The van der Waals surface area contributed by atoms with E-state index in [0.717, 1.165) is 55.6 Å². The number of piperidine rings is 1. The highest BCUT2D eigenvalue weighted by atomic mass is 32.1. The minimum absolute atomic E-state index is 0.194. The number of amides is 2. The summed E-state index contributed by atoms with van der Waals surface area (Å²) in [6.07, 6.45) is 5.39. The maximum Gasteiger partial charge on any atom is 0.223 e. The monoisotopic (exact) mass is 390 g/mol. The average Bonchev–Trinajstić information content (AvgIpc) is 3.15. The summed E-state index contributed by atoms with van der Waals surface area (Å²) in [6.45, 7) is 6.96. The number of likely N-dealkylation sites (tertiary alicyclic amines) is 1. The summed E-state index contributed by atoms with van der Waals surface area (Å²) in [5, 5.41) is 11.9. The second-order valence-electron chi connectivity index (χ2n) is 9.13. The smallest absolute Gasteiger partial charge is 0.223 e. The van der Waals surface area contributed by atoms with Crippen molar-refractivity contribution in [3.8, 4) is 0 Å². The number of rotatable bonds is 6. The summed E-state index contributed by atoms with van der Waals surface area (Å²) < 4.78 is 0. The molecule has 2 aliphatic carbocycles. The van der Waals surface area contributed by atoms with Crippen LogP contribution >= 0.6 is 11.3 Å². The van der Waals surface area contributed by atoms with Crippen molar-refractivity contribution < 1.29 is 9.59 Å². The molecule has 1 saturated heterocycles. The molecule has 1 N–H and O–H groups in total. The first-order chi connectivity index (χ1) is 12.9. The summed E-state index contributed by atoms with van der Waals surface area (Å²) in [5.41, 5.74) is 2.17. The van der Waals surface area contributed by atoms with Crippen molar-refractivity contribution in [2.45, 2.75) is 52.4 Å². The molecule has 1 aliphatic heterocycles. The molecule has 3 aliphatic rings. The molecule has 2 saturated carbocycles. The van der Waals surface area contributed by atoms with Gasteiger partial charge in [-0.25, -0.2) is 0 Å². The maximum atomic E-state index is 12.5. The van der Waals surface area contributed by atoms with Crippen molar-refractivity contribution in [1.29, 1.82) is 0 Å². The molecular formula is C20H30N4O2S. The molecule has 2 amide bonds. The van der Waals surface area contributed by atoms with Gasteiger partial charge in [-0.15, -0.1) is 21.5 Å². The van der Waals surface area contributed by atoms with Crippen molar-refractivity contribution in [3.05, 3.63) is 10.5 Å². The molecular weight excluding hydrogens is 360 g/mol. The molecule has 0 aromatic carbocycles. The van der Waals surface area contributed by atoms with Crippen LogP contribution in [-0.2, 0) is 16.0 Å². The Hall–Kier alpha value is -1.50. The summed E-state index contributed by atoms with van der Waals surface area (Å²) >= 11 is 1.50. The second-order valence-corrected chi connectivity index (χ2v) is 10.0. The molecule has 7 heteroatoms. The highest BCUT2D eigenvalue weighted by Crippen LogP contribution is 2.68. The van der Waals surface area contributed by atoms with Gasteiger partial charge in [-0.05, 0) is 48.9 Å². The van der Waals surface area contributed by atoms with Crippen molar-refractivity contribution in [2.75, 3.05) is 19.6 Å². The summed E-state index contributed by atoms with van der Waals surface area (Å²) in [4.78, 5) is 27.0. The molecule has 1 aromatic rings. The van der Waals surface area contributed by atoms with Crippen LogP contribution in [0.4, 0.5) is 0 Å². The topological polar surface area (TPSA) is 75.2 Å². The standard InChI is InChI=1S/C20H30N4O2S/c1-20(2)15-8-14(9-16(15)20)19(26)21-10-13-4-3-7-24(11-13)18(25)6-5-17-23-22-12-27-17/h12-16H,3-11H2,1-2H3,(H,21,26)/t13?,14?,15-,16+. The summed E-state index contributed by atoms with van der Waals surface area (Å²) in [5.74, 6) is 2.52. The van der Waals surface area contributed by atoms with Gasteiger partial charge in [-0.1, -0.05) is 13.8 Å². The van der Waals surface area contributed by atoms with Crippen LogP contribution in [0.5, 0.6) is 0 Å². The normalized spacial score (nSPS) is 31.4. The highest BCUT2D eigenvalue weighted by Gasteiger charge is 2.62. The Bertz CT molecular complexity index is 676. The summed E-state index contributed by atoms with van der Waals surface area (Å²) in [6, 6.07) is 0. The first-order valence-corrected chi connectivity index (χ1v) is 11.1. The van der Waals surface area contributed by atoms with Gasteiger partial charge in [0.15, 0.2) is 0 Å². The van der Waals surface area contributed by atoms with E-state index in [4.69, 9.17) is 0 Å². The summed E-state index contributed by atoms with van der Waals surface area (Å²) in [7, 11) is 0. The molecule has 2 unspecified atom stereocenters. The van der Waals surface area contributed by atoms with E-state index in [1.54, 1.807) is 5.51 Å². The third-order valence-corrected chi connectivity index (χ3v) is 7.89. The number of aromatic nitrogens is 2. The SMILES string of the molecule is CC1(C)[C@@H]2CC(C(=O)NCC3CCCN(C(=O)CCc4nncs4)C3)C[C@@H]21. The van der Waals surface area contributed by atoms with E-state index in [-0.39, 0.29) is 17.7 Å². The number of carbonyl (C=O) groups is 2. The van der Waals surface area contributed by atoms with Crippen molar-refractivity contribution in [1.82, 2.24) is 20.4 Å². The van der Waals surface area contributed by atoms with Gasteiger partial charge in [0.1, 0.15) is 10.5 Å². The van der Waals surface area contributed by atoms with E-state index < -0.39 is 0 Å². The fourth-order valence-electron chi connectivity index (χ4n) is 5.24. The van der Waals surface area contributed by atoms with Crippen LogP contribution in [0.3, 0.4) is 0 Å². The van der Waals surface area contributed by atoms with E-state index in [0.29, 0.717) is 30.7 Å². The Morgan fingerprint density at radius 1 is 1.33 bits per heavy atom. The molecule has 4 rings (SSSR count). The van der Waals surface area contributed by atoms with Crippen LogP contribution in [0, 0.1) is 29.1 Å². The van der Waals surface area contributed by atoms with Crippen molar-refractivity contribution in [3.63, 3.8) is 0 Å². The Kier molecular flexibility index (Phi) is 5.23. The highest BCUT2D eigenvalue weighted by molar-refractivity contribution is 7.09. The molecule has 6 nitrogen and oxygen atoms in total. The quantitative estimate of drug-likeness (QED) is 0.810. The third-order valence-electron chi connectivity index (χ3n) is 7.13. The minimum Gasteiger partial charge on any atom is -0.356 e. The predicted octanol–water partition coefficient (Wildman–Crippen LogP) is 2.51. The zero-order valence-electron chi connectivity index (χ0n) is 16.3. The molecule has 3 fully saturated rings. The molecule has 148 valence electrons. The zero-order chi connectivity index (χ0) is 19.0. The predicted molar refractivity (Wildman–Crippen MR) is 104 cm³/mol. The van der Waals surface area contributed by atoms with E-state index in [9.17, 15) is 9.59 Å². The van der Waals surface area contributed by atoms with Gasteiger partial charge in [0.25, 0.3) is 0 Å². The lowest BCUT2D eigenvalue weighted by molar-refractivity contribution is -0.133. The number of aryl methyl sites for hydroxylation is 1. The first kappa shape index (κ1) is 18.8. The van der Waals surface area contributed by atoms with Crippen LogP contribution in [0.25, 0.3) is 0 Å². The Balaban J connectivity index is 1.18. The van der Waals surface area contributed by atoms with Crippen molar-refractivity contribution >= 4 is 23.2 Å². The van der Waals surface area contributed by atoms with E-state index in [1.807, 2.05) is 4.90 Å². The van der Waals surface area contributed by atoms with E-state index in [2.05, 4.69) is 29.4 Å². The van der Waals surface area contributed by atoms with Gasteiger partial charge in [-0.2, -0.15) is 0 Å². The van der Waals surface area contributed by atoms with Gasteiger partial charge < -0.3 is 10.2 Å². The zero-order valence-corrected chi connectivity index (χ0v) is 17.1. The maximum absolute atomic E-state index is 12.5. The van der Waals surface area contributed by atoms with Crippen LogP contribution in [0.15, 0.2) is 5.51 Å². The number of carbonyl (C=O) groups excluding carboxylic acids is 2. The number of fused-ring (bicyclic) bond motifs is 1. The average molecular weight is 391 g/mol.